The Kier molecular flexibility index (Phi) is 4.89. The van der Waals surface area contributed by atoms with E-state index in [4.69, 9.17) is 9.63 Å². The molecule has 1 atom stereocenters. The predicted octanol–water partition coefficient (Wildman–Crippen LogP) is 2.67. The lowest BCUT2D eigenvalue weighted by molar-refractivity contribution is -0.142. The summed E-state index contributed by atoms with van der Waals surface area (Å²) in [6, 6.07) is 4.46. The molecule has 1 fully saturated rings. The molecule has 7 heteroatoms. The maximum Gasteiger partial charge on any atom is 0.320 e. The second-order valence-electron chi connectivity index (χ2n) is 6.11. The lowest BCUT2D eigenvalue weighted by Crippen LogP contribution is -2.36. The summed E-state index contributed by atoms with van der Waals surface area (Å²) in [6.07, 6.45) is 2.94. The van der Waals surface area contributed by atoms with E-state index in [1.807, 2.05) is 4.90 Å². The number of aliphatic carboxylic acids is 1. The van der Waals surface area contributed by atoms with Crippen LogP contribution in [-0.2, 0) is 11.2 Å². The van der Waals surface area contributed by atoms with Crippen LogP contribution in [0.5, 0.6) is 0 Å². The van der Waals surface area contributed by atoms with E-state index in [9.17, 15) is 9.18 Å². The van der Waals surface area contributed by atoms with E-state index >= 15 is 0 Å². The largest absolute Gasteiger partial charge is 0.480 e. The number of halogens is 1. The van der Waals surface area contributed by atoms with Crippen molar-refractivity contribution in [3.8, 4) is 11.4 Å². The van der Waals surface area contributed by atoms with Gasteiger partial charge in [0.15, 0.2) is 0 Å². The zero-order valence-corrected chi connectivity index (χ0v) is 13.5. The fourth-order valence-electron chi connectivity index (χ4n) is 3.01. The molecule has 1 saturated heterocycles. The molecule has 128 valence electrons. The smallest absolute Gasteiger partial charge is 0.320 e. The van der Waals surface area contributed by atoms with Crippen LogP contribution in [0.4, 0.5) is 4.39 Å². The number of carboxylic acid groups (broad SMARTS) is 1. The number of carbonyl (C=O) groups is 1. The molecule has 1 aliphatic heterocycles. The number of aryl methyl sites for hydroxylation is 2. The molecule has 24 heavy (non-hydrogen) atoms. The van der Waals surface area contributed by atoms with Crippen molar-refractivity contribution in [3.05, 3.63) is 35.5 Å². The molecule has 0 saturated carbocycles. The molecular formula is C17H20FN3O3. The average molecular weight is 333 g/mol. The third kappa shape index (κ3) is 3.62. The van der Waals surface area contributed by atoms with Crippen molar-refractivity contribution >= 4 is 5.97 Å². The molecular weight excluding hydrogens is 313 g/mol. The number of nitrogens with zero attached hydrogens (tertiary/aromatic N) is 3. The van der Waals surface area contributed by atoms with Crippen LogP contribution in [-0.4, -0.2) is 45.2 Å². The minimum absolute atomic E-state index is 0.299. The van der Waals surface area contributed by atoms with Gasteiger partial charge in [0.1, 0.15) is 11.9 Å². The van der Waals surface area contributed by atoms with Crippen LogP contribution < -0.4 is 0 Å². The zero-order chi connectivity index (χ0) is 17.1. The van der Waals surface area contributed by atoms with Gasteiger partial charge in [0.2, 0.25) is 11.7 Å². The molecule has 2 heterocycles. The Morgan fingerprint density at radius 1 is 1.50 bits per heavy atom. The first-order valence-corrected chi connectivity index (χ1v) is 8.10. The number of rotatable bonds is 6. The normalized spacial score (nSPS) is 18.2. The van der Waals surface area contributed by atoms with E-state index in [0.717, 1.165) is 19.4 Å². The summed E-state index contributed by atoms with van der Waals surface area (Å²) >= 11 is 0. The SMILES string of the molecule is Cc1ccc(-c2noc(CCCN3CCCC3C(=O)O)n2)cc1F. The molecule has 6 nitrogen and oxygen atoms in total. The van der Waals surface area contributed by atoms with Crippen LogP contribution in [0, 0.1) is 12.7 Å². The van der Waals surface area contributed by atoms with Crippen LogP contribution in [0.25, 0.3) is 11.4 Å². The molecule has 1 N–H and O–H groups in total. The van der Waals surface area contributed by atoms with Gasteiger partial charge in [0.05, 0.1) is 0 Å². The van der Waals surface area contributed by atoms with Gasteiger partial charge in [0, 0.05) is 12.0 Å². The maximum atomic E-state index is 13.6. The fraction of sp³-hybridized carbons (Fsp3) is 0.471. The van der Waals surface area contributed by atoms with E-state index in [0.29, 0.717) is 42.2 Å². The number of hydrogen-bond acceptors (Lipinski definition) is 5. The average Bonchev–Trinajstić information content (AvgIpc) is 3.19. The molecule has 0 radical (unpaired) electrons. The topological polar surface area (TPSA) is 79.5 Å². The highest BCUT2D eigenvalue weighted by molar-refractivity contribution is 5.73. The summed E-state index contributed by atoms with van der Waals surface area (Å²) in [4.78, 5) is 17.4. The Bertz CT molecular complexity index is 732. The Morgan fingerprint density at radius 2 is 2.33 bits per heavy atom. The van der Waals surface area contributed by atoms with Crippen molar-refractivity contribution in [2.45, 2.75) is 38.6 Å². The lowest BCUT2D eigenvalue weighted by atomic mass is 10.1. The lowest BCUT2D eigenvalue weighted by Gasteiger charge is -2.20. The van der Waals surface area contributed by atoms with E-state index < -0.39 is 5.97 Å². The first kappa shape index (κ1) is 16.6. The highest BCUT2D eigenvalue weighted by Crippen LogP contribution is 2.20. The van der Waals surface area contributed by atoms with Crippen LogP contribution in [0.3, 0.4) is 0 Å². The quantitative estimate of drug-likeness (QED) is 0.875. The Labute approximate surface area is 139 Å². The molecule has 0 aliphatic carbocycles. The second kappa shape index (κ2) is 7.09. The maximum absolute atomic E-state index is 13.6. The van der Waals surface area contributed by atoms with Gasteiger partial charge in [-0.1, -0.05) is 17.3 Å². The molecule has 2 aromatic rings. The van der Waals surface area contributed by atoms with Gasteiger partial charge in [-0.25, -0.2) is 4.39 Å². The van der Waals surface area contributed by atoms with Crippen molar-refractivity contribution in [1.29, 1.82) is 0 Å². The zero-order valence-electron chi connectivity index (χ0n) is 13.5. The summed E-state index contributed by atoms with van der Waals surface area (Å²) < 4.78 is 18.8. The van der Waals surface area contributed by atoms with Gasteiger partial charge in [-0.2, -0.15) is 4.98 Å². The summed E-state index contributed by atoms with van der Waals surface area (Å²) in [7, 11) is 0. The number of benzene rings is 1. The first-order valence-electron chi connectivity index (χ1n) is 8.10. The van der Waals surface area contributed by atoms with Crippen LogP contribution in [0.15, 0.2) is 22.7 Å². The van der Waals surface area contributed by atoms with E-state index in [2.05, 4.69) is 10.1 Å². The summed E-state index contributed by atoms with van der Waals surface area (Å²) in [5.74, 6) is -0.202. The van der Waals surface area contributed by atoms with Gasteiger partial charge in [-0.3, -0.25) is 9.69 Å². The predicted molar refractivity (Wildman–Crippen MR) is 85.0 cm³/mol. The van der Waals surface area contributed by atoms with Crippen LogP contribution >= 0.6 is 0 Å². The molecule has 1 unspecified atom stereocenters. The highest BCUT2D eigenvalue weighted by Gasteiger charge is 2.29. The molecule has 0 bridgehead atoms. The molecule has 3 rings (SSSR count). The van der Waals surface area contributed by atoms with Gasteiger partial charge >= 0.3 is 5.97 Å². The van der Waals surface area contributed by atoms with Crippen molar-refractivity contribution in [2.75, 3.05) is 13.1 Å². The summed E-state index contributed by atoms with van der Waals surface area (Å²) in [5.41, 5.74) is 1.15. The van der Waals surface area contributed by atoms with Crippen molar-refractivity contribution in [2.24, 2.45) is 0 Å². The fourth-order valence-corrected chi connectivity index (χ4v) is 3.01. The van der Waals surface area contributed by atoms with Crippen molar-refractivity contribution in [3.63, 3.8) is 0 Å². The van der Waals surface area contributed by atoms with Gasteiger partial charge in [-0.05, 0) is 50.9 Å². The highest BCUT2D eigenvalue weighted by atomic mass is 19.1. The number of aromatic nitrogens is 2. The first-order chi connectivity index (χ1) is 11.5. The second-order valence-corrected chi connectivity index (χ2v) is 6.11. The molecule has 0 amide bonds. The van der Waals surface area contributed by atoms with E-state index in [1.165, 1.54) is 6.07 Å². The van der Waals surface area contributed by atoms with Crippen molar-refractivity contribution in [1.82, 2.24) is 15.0 Å². The van der Waals surface area contributed by atoms with Crippen molar-refractivity contribution < 1.29 is 18.8 Å². The number of carboxylic acids is 1. The third-order valence-electron chi connectivity index (χ3n) is 4.38. The van der Waals surface area contributed by atoms with Crippen LogP contribution in [0.1, 0.15) is 30.7 Å². The Balaban J connectivity index is 1.56. The van der Waals surface area contributed by atoms with E-state index in [1.54, 1.807) is 19.1 Å². The monoisotopic (exact) mass is 333 g/mol. The Morgan fingerprint density at radius 3 is 3.08 bits per heavy atom. The Hall–Kier alpha value is -2.28. The minimum atomic E-state index is -0.756. The van der Waals surface area contributed by atoms with E-state index in [-0.39, 0.29) is 11.9 Å². The van der Waals surface area contributed by atoms with Gasteiger partial charge in [0.25, 0.3) is 0 Å². The number of hydrogen-bond donors (Lipinski definition) is 1. The van der Waals surface area contributed by atoms with Gasteiger partial charge < -0.3 is 9.63 Å². The summed E-state index contributed by atoms with van der Waals surface area (Å²) in [6.45, 7) is 3.20. The van der Waals surface area contributed by atoms with Gasteiger partial charge in [-0.15, -0.1) is 0 Å². The molecule has 1 aromatic carbocycles. The summed E-state index contributed by atoms with van der Waals surface area (Å²) in [5, 5.41) is 13.0. The standard InChI is InChI=1S/C17H20FN3O3/c1-11-6-7-12(10-13(11)18)16-19-15(24-20-16)5-3-9-21-8-2-4-14(21)17(22)23/h6-7,10,14H,2-5,8-9H2,1H3,(H,22,23). The minimum Gasteiger partial charge on any atom is -0.480 e. The molecule has 0 spiro atoms. The molecule has 1 aliphatic rings. The number of likely N-dealkylation sites (tertiary alicyclic amines) is 1. The third-order valence-corrected chi connectivity index (χ3v) is 4.38. The van der Waals surface area contributed by atoms with Crippen LogP contribution in [0.2, 0.25) is 0 Å². The molecule has 1 aromatic heterocycles.